The Morgan fingerprint density at radius 2 is 1.57 bits per heavy atom. The monoisotopic (exact) mass is 445 g/mol. The number of benzene rings is 3. The second-order valence-electron chi connectivity index (χ2n) is 6.37. The van der Waals surface area contributed by atoms with Crippen LogP contribution in [0.4, 0.5) is 17.1 Å². The van der Waals surface area contributed by atoms with E-state index in [0.29, 0.717) is 5.69 Å². The maximum Gasteiger partial charge on any atom is 0.283 e. The van der Waals surface area contributed by atoms with Crippen molar-refractivity contribution in [3.8, 4) is 0 Å². The molecule has 0 heterocycles. The lowest BCUT2D eigenvalue weighted by molar-refractivity contribution is -0.385. The summed E-state index contributed by atoms with van der Waals surface area (Å²) in [6.07, 6.45) is 0. The molecule has 0 aliphatic rings. The average Bonchev–Trinajstić information content (AvgIpc) is 2.70. The molecule has 0 aliphatic heterocycles. The summed E-state index contributed by atoms with van der Waals surface area (Å²) in [5.41, 5.74) is 1.11. The summed E-state index contributed by atoms with van der Waals surface area (Å²) in [6.45, 7) is 1.89. The van der Waals surface area contributed by atoms with E-state index in [0.717, 1.165) is 11.6 Å². The van der Waals surface area contributed by atoms with Gasteiger partial charge in [0.1, 0.15) is 5.56 Å². The molecule has 0 aromatic heterocycles. The van der Waals surface area contributed by atoms with Crippen LogP contribution in [0.1, 0.15) is 15.9 Å². The maximum absolute atomic E-state index is 12.5. The maximum atomic E-state index is 12.5. The highest BCUT2D eigenvalue weighted by Gasteiger charge is 2.21. The molecule has 0 unspecified atom stereocenters. The van der Waals surface area contributed by atoms with Crippen LogP contribution in [0.15, 0.2) is 71.6 Å². The van der Waals surface area contributed by atoms with Crippen molar-refractivity contribution in [3.05, 3.63) is 93.0 Å². The Labute approximate surface area is 177 Å². The smallest absolute Gasteiger partial charge is 0.283 e. The fourth-order valence-corrected chi connectivity index (χ4v) is 3.82. The first-order valence-electron chi connectivity index (χ1n) is 8.60. The van der Waals surface area contributed by atoms with Gasteiger partial charge < -0.3 is 5.32 Å². The molecule has 8 nitrogen and oxygen atoms in total. The Bertz CT molecular complexity index is 1210. The first kappa shape index (κ1) is 21.3. The van der Waals surface area contributed by atoms with Crippen LogP contribution in [0, 0.1) is 17.0 Å². The van der Waals surface area contributed by atoms with Crippen molar-refractivity contribution < 1.29 is 18.1 Å². The van der Waals surface area contributed by atoms with Gasteiger partial charge >= 0.3 is 0 Å². The molecule has 30 heavy (non-hydrogen) atoms. The number of nitrogens with one attached hydrogen (secondary N) is 2. The lowest BCUT2D eigenvalue weighted by Gasteiger charge is -2.10. The normalized spacial score (nSPS) is 11.0. The molecule has 10 heteroatoms. The van der Waals surface area contributed by atoms with Crippen LogP contribution in [-0.4, -0.2) is 19.2 Å². The van der Waals surface area contributed by atoms with Gasteiger partial charge in [0.25, 0.3) is 21.6 Å². The molecule has 0 atom stereocenters. The Balaban J connectivity index is 1.77. The number of carbonyl (C=O) groups excluding carboxylic acids is 1. The van der Waals surface area contributed by atoms with Gasteiger partial charge in [-0.05, 0) is 55.5 Å². The van der Waals surface area contributed by atoms with E-state index < -0.39 is 26.5 Å². The predicted molar refractivity (Wildman–Crippen MR) is 114 cm³/mol. The zero-order valence-corrected chi connectivity index (χ0v) is 17.2. The van der Waals surface area contributed by atoms with Gasteiger partial charge in [0.2, 0.25) is 0 Å². The number of hydrogen-bond acceptors (Lipinski definition) is 5. The SMILES string of the molecule is Cc1ccc(NS(=O)(=O)c2ccc(NC(=O)c3ccc(Cl)cc3[N+](=O)[O-])cc2)cc1. The third-order valence-electron chi connectivity index (χ3n) is 4.13. The van der Waals surface area contributed by atoms with Crippen LogP contribution in [0.25, 0.3) is 0 Å². The van der Waals surface area contributed by atoms with Crippen LogP contribution < -0.4 is 10.0 Å². The Hall–Kier alpha value is -3.43. The largest absolute Gasteiger partial charge is 0.322 e. The molecule has 0 saturated heterocycles. The molecule has 3 aromatic carbocycles. The minimum atomic E-state index is -3.81. The van der Waals surface area contributed by atoms with Crippen LogP contribution in [-0.2, 0) is 10.0 Å². The van der Waals surface area contributed by atoms with E-state index in [1.54, 1.807) is 24.3 Å². The molecule has 154 valence electrons. The molecule has 2 N–H and O–H groups in total. The minimum Gasteiger partial charge on any atom is -0.322 e. The highest BCUT2D eigenvalue weighted by atomic mass is 35.5. The first-order chi connectivity index (χ1) is 14.2. The number of rotatable bonds is 6. The fourth-order valence-electron chi connectivity index (χ4n) is 2.60. The lowest BCUT2D eigenvalue weighted by atomic mass is 10.1. The Morgan fingerprint density at radius 1 is 0.967 bits per heavy atom. The summed E-state index contributed by atoms with van der Waals surface area (Å²) in [6, 6.07) is 16.0. The van der Waals surface area contributed by atoms with E-state index in [9.17, 15) is 23.3 Å². The quantitative estimate of drug-likeness (QED) is 0.424. The van der Waals surface area contributed by atoms with Crippen molar-refractivity contribution in [2.24, 2.45) is 0 Å². The summed E-state index contributed by atoms with van der Waals surface area (Å²) in [4.78, 5) is 22.9. The van der Waals surface area contributed by atoms with Crippen LogP contribution in [0.3, 0.4) is 0 Å². The number of anilines is 2. The number of amides is 1. The predicted octanol–water partition coefficient (Wildman–Crippen LogP) is 4.61. The zero-order chi connectivity index (χ0) is 21.9. The summed E-state index contributed by atoms with van der Waals surface area (Å²) in [5.74, 6) is -0.716. The summed E-state index contributed by atoms with van der Waals surface area (Å²) < 4.78 is 27.5. The lowest BCUT2D eigenvalue weighted by Crippen LogP contribution is -2.15. The van der Waals surface area contributed by atoms with Gasteiger partial charge in [0, 0.05) is 22.5 Å². The summed E-state index contributed by atoms with van der Waals surface area (Å²) in [5, 5.41) is 13.8. The number of sulfonamides is 1. The highest BCUT2D eigenvalue weighted by Crippen LogP contribution is 2.25. The number of halogens is 1. The Morgan fingerprint density at radius 3 is 2.17 bits per heavy atom. The van der Waals surface area contributed by atoms with Gasteiger partial charge in [-0.3, -0.25) is 19.6 Å². The van der Waals surface area contributed by atoms with Gasteiger partial charge in [-0.25, -0.2) is 8.42 Å². The average molecular weight is 446 g/mol. The number of hydrogen-bond donors (Lipinski definition) is 2. The number of carbonyl (C=O) groups is 1. The number of nitro groups is 1. The molecule has 1 amide bonds. The summed E-state index contributed by atoms with van der Waals surface area (Å²) >= 11 is 5.75. The molecular formula is C20H16ClN3O5S. The first-order valence-corrected chi connectivity index (χ1v) is 10.5. The number of nitrogens with zero attached hydrogens (tertiary/aromatic N) is 1. The van der Waals surface area contributed by atoms with Crippen LogP contribution in [0.2, 0.25) is 5.02 Å². The molecule has 0 spiro atoms. The highest BCUT2D eigenvalue weighted by molar-refractivity contribution is 7.92. The fraction of sp³-hybridized carbons (Fsp3) is 0.0500. The van der Waals surface area contributed by atoms with Crippen molar-refractivity contribution in [3.63, 3.8) is 0 Å². The van der Waals surface area contributed by atoms with E-state index in [1.165, 1.54) is 36.4 Å². The molecule has 0 bridgehead atoms. The van der Waals surface area contributed by atoms with Gasteiger partial charge in [0.15, 0.2) is 0 Å². The van der Waals surface area contributed by atoms with Crippen molar-refractivity contribution in [1.82, 2.24) is 0 Å². The van der Waals surface area contributed by atoms with E-state index in [1.807, 2.05) is 6.92 Å². The molecule has 3 rings (SSSR count). The molecule has 0 radical (unpaired) electrons. The third kappa shape index (κ3) is 4.94. The van der Waals surface area contributed by atoms with Crippen molar-refractivity contribution in [2.45, 2.75) is 11.8 Å². The third-order valence-corrected chi connectivity index (χ3v) is 5.76. The van der Waals surface area contributed by atoms with E-state index in [-0.39, 0.29) is 21.2 Å². The van der Waals surface area contributed by atoms with Crippen molar-refractivity contribution >= 4 is 44.6 Å². The van der Waals surface area contributed by atoms with Crippen molar-refractivity contribution in [1.29, 1.82) is 0 Å². The van der Waals surface area contributed by atoms with Crippen molar-refractivity contribution in [2.75, 3.05) is 10.0 Å². The van der Waals surface area contributed by atoms with Gasteiger partial charge in [-0.2, -0.15) is 0 Å². The zero-order valence-electron chi connectivity index (χ0n) is 15.6. The Kier molecular flexibility index (Phi) is 6.04. The van der Waals surface area contributed by atoms with E-state index >= 15 is 0 Å². The van der Waals surface area contributed by atoms with Gasteiger partial charge in [-0.1, -0.05) is 29.3 Å². The summed E-state index contributed by atoms with van der Waals surface area (Å²) in [7, 11) is -3.81. The topological polar surface area (TPSA) is 118 Å². The van der Waals surface area contributed by atoms with Gasteiger partial charge in [-0.15, -0.1) is 0 Å². The second kappa shape index (κ2) is 8.52. The number of aryl methyl sites for hydroxylation is 1. The molecule has 0 saturated carbocycles. The second-order valence-corrected chi connectivity index (χ2v) is 8.49. The minimum absolute atomic E-state index is 0.00134. The molecule has 0 aliphatic carbocycles. The van der Waals surface area contributed by atoms with E-state index in [4.69, 9.17) is 11.6 Å². The van der Waals surface area contributed by atoms with Crippen LogP contribution >= 0.6 is 11.6 Å². The standard InChI is InChI=1S/C20H16ClN3O5S/c1-13-2-5-16(6-3-13)23-30(28,29)17-9-7-15(8-10-17)22-20(25)18-11-4-14(21)12-19(18)24(26)27/h2-12,23H,1H3,(H,22,25). The number of nitro benzene ring substituents is 1. The molecule has 0 fully saturated rings. The van der Waals surface area contributed by atoms with Crippen LogP contribution in [0.5, 0.6) is 0 Å². The van der Waals surface area contributed by atoms with Gasteiger partial charge in [0.05, 0.1) is 9.82 Å². The molecular weight excluding hydrogens is 430 g/mol. The molecule has 3 aromatic rings. The van der Waals surface area contributed by atoms with E-state index in [2.05, 4.69) is 10.0 Å².